The molecule has 0 aromatic heterocycles. The van der Waals surface area contributed by atoms with E-state index in [0.29, 0.717) is 19.5 Å². The fourth-order valence-electron chi connectivity index (χ4n) is 0.816. The summed E-state index contributed by atoms with van der Waals surface area (Å²) in [6.07, 6.45) is 5.66. The summed E-state index contributed by atoms with van der Waals surface area (Å²) in [5, 5.41) is 2.67. The Morgan fingerprint density at radius 3 is 2.92 bits per heavy atom. The first-order valence-corrected chi connectivity index (χ1v) is 4.17. The normalized spacial score (nSPS) is 11.8. The second-order valence-corrected chi connectivity index (χ2v) is 2.60. The topological polar surface area (TPSA) is 64.4 Å². The highest BCUT2D eigenvalue weighted by molar-refractivity contribution is 5.76. The van der Waals surface area contributed by atoms with Gasteiger partial charge in [0.15, 0.2) is 0 Å². The molecule has 0 rings (SSSR count). The Kier molecular flexibility index (Phi) is 6.98. The molecule has 0 fully saturated rings. The van der Waals surface area contributed by atoms with Crippen molar-refractivity contribution in [2.24, 2.45) is 5.73 Å². The van der Waals surface area contributed by atoms with E-state index in [1.807, 2.05) is 0 Å². The largest absolute Gasteiger partial charge is 0.380 e. The molecule has 0 spiro atoms. The highest BCUT2D eigenvalue weighted by Crippen LogP contribution is 1.93. The molecule has 0 heterocycles. The van der Waals surface area contributed by atoms with Gasteiger partial charge in [-0.15, -0.1) is 12.3 Å². The predicted molar refractivity (Wildman–Crippen MR) is 50.9 cm³/mol. The van der Waals surface area contributed by atoms with Crippen molar-refractivity contribution in [3.05, 3.63) is 0 Å². The molecule has 3 N–H and O–H groups in total. The Balaban J connectivity index is 3.55. The lowest BCUT2D eigenvalue weighted by Crippen LogP contribution is -2.32. The van der Waals surface area contributed by atoms with E-state index in [9.17, 15) is 4.79 Å². The molecule has 1 unspecified atom stereocenters. The second kappa shape index (κ2) is 7.59. The minimum atomic E-state index is -0.203. The van der Waals surface area contributed by atoms with E-state index in [1.165, 1.54) is 7.11 Å². The molecule has 0 bridgehead atoms. The zero-order chi connectivity index (χ0) is 10.1. The number of carbonyl (C=O) groups excluding carboxylic acids is 1. The first-order valence-electron chi connectivity index (χ1n) is 4.17. The van der Waals surface area contributed by atoms with Gasteiger partial charge in [-0.25, -0.2) is 0 Å². The van der Waals surface area contributed by atoms with Crippen LogP contribution in [-0.4, -0.2) is 32.2 Å². The number of nitrogens with two attached hydrogens (primary N) is 1. The van der Waals surface area contributed by atoms with E-state index in [1.54, 1.807) is 0 Å². The predicted octanol–water partition coefficient (Wildman–Crippen LogP) is -0.510. The maximum absolute atomic E-state index is 11.1. The molecule has 0 aliphatic rings. The van der Waals surface area contributed by atoms with Gasteiger partial charge < -0.3 is 15.8 Å². The Labute approximate surface area is 78.8 Å². The summed E-state index contributed by atoms with van der Waals surface area (Å²) in [6, 6.07) is 0. The van der Waals surface area contributed by atoms with Crippen LogP contribution in [0.25, 0.3) is 0 Å². The van der Waals surface area contributed by atoms with E-state index in [2.05, 4.69) is 11.2 Å². The van der Waals surface area contributed by atoms with Gasteiger partial charge in [0.25, 0.3) is 0 Å². The van der Waals surface area contributed by atoms with E-state index in [0.717, 1.165) is 0 Å². The smallest absolute Gasteiger partial charge is 0.222 e. The lowest BCUT2D eigenvalue weighted by molar-refractivity contribution is -0.123. The molecule has 0 aromatic carbocycles. The monoisotopic (exact) mass is 184 g/mol. The van der Waals surface area contributed by atoms with Crippen LogP contribution >= 0.6 is 0 Å². The molecule has 74 valence electrons. The summed E-state index contributed by atoms with van der Waals surface area (Å²) in [5.41, 5.74) is 5.35. The van der Waals surface area contributed by atoms with Crippen LogP contribution in [0.2, 0.25) is 0 Å². The number of rotatable bonds is 6. The number of hydrogen-bond acceptors (Lipinski definition) is 3. The van der Waals surface area contributed by atoms with Crippen molar-refractivity contribution in [1.82, 2.24) is 5.32 Å². The lowest BCUT2D eigenvalue weighted by atomic mass is 10.2. The Morgan fingerprint density at radius 2 is 2.46 bits per heavy atom. The summed E-state index contributed by atoms with van der Waals surface area (Å²) in [7, 11) is 1.53. The zero-order valence-corrected chi connectivity index (χ0v) is 7.88. The van der Waals surface area contributed by atoms with Crippen LogP contribution < -0.4 is 11.1 Å². The summed E-state index contributed by atoms with van der Waals surface area (Å²) in [6.45, 7) is 0.857. The molecule has 1 atom stereocenters. The van der Waals surface area contributed by atoms with Crippen molar-refractivity contribution >= 4 is 5.91 Å². The lowest BCUT2D eigenvalue weighted by Gasteiger charge is -2.11. The van der Waals surface area contributed by atoms with Crippen molar-refractivity contribution in [1.29, 1.82) is 0 Å². The van der Waals surface area contributed by atoms with Crippen LogP contribution in [0.5, 0.6) is 0 Å². The maximum atomic E-state index is 11.1. The number of amides is 1. The van der Waals surface area contributed by atoms with Crippen molar-refractivity contribution in [3.8, 4) is 12.3 Å². The molecule has 1 amide bonds. The Bertz CT molecular complexity index is 183. The molecule has 0 aliphatic heterocycles. The minimum absolute atomic E-state index is 0.0763. The fraction of sp³-hybridized carbons (Fsp3) is 0.667. The molecule has 4 heteroatoms. The summed E-state index contributed by atoms with van der Waals surface area (Å²) < 4.78 is 4.95. The van der Waals surface area contributed by atoms with Gasteiger partial charge in [-0.3, -0.25) is 4.79 Å². The van der Waals surface area contributed by atoms with Crippen LogP contribution in [0.1, 0.15) is 12.8 Å². The number of nitrogens with one attached hydrogen (secondary N) is 1. The van der Waals surface area contributed by atoms with Crippen LogP contribution in [0.3, 0.4) is 0 Å². The molecule has 0 aromatic rings. The number of terminal acetylenes is 1. The van der Waals surface area contributed by atoms with E-state index >= 15 is 0 Å². The summed E-state index contributed by atoms with van der Waals surface area (Å²) in [5.74, 6) is 2.36. The SMILES string of the molecule is C#CCCNC(=O)CC(CN)OC. The molecule has 13 heavy (non-hydrogen) atoms. The maximum Gasteiger partial charge on any atom is 0.222 e. The Hall–Kier alpha value is -1.05. The molecule has 0 aliphatic carbocycles. The first-order chi connectivity index (χ1) is 6.24. The van der Waals surface area contributed by atoms with Gasteiger partial charge in [0, 0.05) is 26.6 Å². The van der Waals surface area contributed by atoms with Crippen LogP contribution in [0.4, 0.5) is 0 Å². The first kappa shape index (κ1) is 11.9. The third-order valence-electron chi connectivity index (χ3n) is 1.60. The summed E-state index contributed by atoms with van der Waals surface area (Å²) in [4.78, 5) is 11.1. The quantitative estimate of drug-likeness (QED) is 0.431. The second-order valence-electron chi connectivity index (χ2n) is 2.60. The standard InChI is InChI=1S/C9H16N2O2/c1-3-4-5-11-9(12)6-8(7-10)13-2/h1,8H,4-7,10H2,2H3,(H,11,12). The van der Waals surface area contributed by atoms with Crippen molar-refractivity contribution in [2.75, 3.05) is 20.2 Å². The highest BCUT2D eigenvalue weighted by Gasteiger charge is 2.09. The molecular formula is C9H16N2O2. The van der Waals surface area contributed by atoms with E-state index < -0.39 is 0 Å². The molecular weight excluding hydrogens is 168 g/mol. The van der Waals surface area contributed by atoms with Gasteiger partial charge >= 0.3 is 0 Å². The van der Waals surface area contributed by atoms with E-state index in [4.69, 9.17) is 16.9 Å². The van der Waals surface area contributed by atoms with Gasteiger partial charge in [-0.05, 0) is 0 Å². The molecule has 0 saturated carbocycles. The van der Waals surface area contributed by atoms with Gasteiger partial charge in [-0.1, -0.05) is 0 Å². The minimum Gasteiger partial charge on any atom is -0.380 e. The number of methoxy groups -OCH3 is 1. The van der Waals surface area contributed by atoms with Gasteiger partial charge in [0.05, 0.1) is 12.5 Å². The van der Waals surface area contributed by atoms with Crippen molar-refractivity contribution < 1.29 is 9.53 Å². The zero-order valence-electron chi connectivity index (χ0n) is 7.88. The van der Waals surface area contributed by atoms with Gasteiger partial charge in [-0.2, -0.15) is 0 Å². The third kappa shape index (κ3) is 6.14. The van der Waals surface area contributed by atoms with Gasteiger partial charge in [0.2, 0.25) is 5.91 Å². The van der Waals surface area contributed by atoms with Gasteiger partial charge in [0.1, 0.15) is 0 Å². The molecule has 0 saturated heterocycles. The third-order valence-corrected chi connectivity index (χ3v) is 1.60. The van der Waals surface area contributed by atoms with Crippen molar-refractivity contribution in [2.45, 2.75) is 18.9 Å². The number of carbonyl (C=O) groups is 1. The summed E-state index contributed by atoms with van der Waals surface area (Å²) >= 11 is 0. The fourth-order valence-corrected chi connectivity index (χ4v) is 0.816. The van der Waals surface area contributed by atoms with Crippen LogP contribution in [-0.2, 0) is 9.53 Å². The van der Waals surface area contributed by atoms with Crippen LogP contribution in [0.15, 0.2) is 0 Å². The average Bonchev–Trinajstić information content (AvgIpc) is 2.14. The van der Waals surface area contributed by atoms with Crippen LogP contribution in [0, 0.1) is 12.3 Å². The average molecular weight is 184 g/mol. The molecule has 0 radical (unpaired) electrons. The number of hydrogen-bond donors (Lipinski definition) is 2. The highest BCUT2D eigenvalue weighted by atomic mass is 16.5. The number of ether oxygens (including phenoxy) is 1. The molecule has 4 nitrogen and oxygen atoms in total. The van der Waals surface area contributed by atoms with Crippen molar-refractivity contribution in [3.63, 3.8) is 0 Å². The Morgan fingerprint density at radius 1 is 1.77 bits per heavy atom. The van der Waals surface area contributed by atoms with E-state index in [-0.39, 0.29) is 18.4 Å².